The molecule has 0 unspecified atom stereocenters. The molecule has 28 heavy (non-hydrogen) atoms. The molecule has 1 N–H and O–H groups in total. The summed E-state index contributed by atoms with van der Waals surface area (Å²) in [4.78, 5) is 26.1. The monoisotopic (exact) mass is 384 g/mol. The first-order valence-electron chi connectivity index (χ1n) is 9.06. The van der Waals surface area contributed by atoms with Crippen LogP contribution in [0.15, 0.2) is 42.5 Å². The molecule has 6 nitrogen and oxygen atoms in total. The summed E-state index contributed by atoms with van der Waals surface area (Å²) in [5, 5.41) is 2.84. The number of anilines is 2. The van der Waals surface area contributed by atoms with Gasteiger partial charge in [0.2, 0.25) is 11.8 Å². The van der Waals surface area contributed by atoms with Crippen LogP contribution in [-0.4, -0.2) is 32.6 Å². The largest absolute Gasteiger partial charge is 0.497 e. The number of amides is 2. The molecule has 0 aromatic heterocycles. The summed E-state index contributed by atoms with van der Waals surface area (Å²) in [6, 6.07) is 12.8. The van der Waals surface area contributed by atoms with E-state index >= 15 is 0 Å². The topological polar surface area (TPSA) is 67.9 Å². The lowest BCUT2D eigenvalue weighted by Gasteiger charge is -2.23. The first kappa shape index (κ1) is 21.3. The highest BCUT2D eigenvalue weighted by Crippen LogP contribution is 2.32. The van der Waals surface area contributed by atoms with Crippen LogP contribution in [0.25, 0.3) is 0 Å². The van der Waals surface area contributed by atoms with Crippen LogP contribution in [0.2, 0.25) is 0 Å². The standard InChI is InChI=1S/C22H28N2O4/c1-15(25)24(19-12-11-18(27-5)13-20(19)28-6)14-21(26)23-17-9-7-16(8-10-17)22(2,3)4/h7-13H,14H2,1-6H3,(H,23,26). The van der Waals surface area contributed by atoms with Crippen molar-refractivity contribution in [2.75, 3.05) is 31.0 Å². The number of hydrogen-bond acceptors (Lipinski definition) is 4. The van der Waals surface area contributed by atoms with E-state index in [1.165, 1.54) is 24.5 Å². The predicted octanol–water partition coefficient (Wildman–Crippen LogP) is 3.99. The van der Waals surface area contributed by atoms with Crippen LogP contribution in [0.3, 0.4) is 0 Å². The zero-order valence-corrected chi connectivity index (χ0v) is 17.3. The van der Waals surface area contributed by atoms with Crippen molar-refractivity contribution in [1.29, 1.82) is 0 Å². The van der Waals surface area contributed by atoms with Gasteiger partial charge in [0.25, 0.3) is 0 Å². The molecule has 2 rings (SSSR count). The number of nitrogens with one attached hydrogen (secondary N) is 1. The van der Waals surface area contributed by atoms with Crippen LogP contribution in [-0.2, 0) is 15.0 Å². The first-order valence-corrected chi connectivity index (χ1v) is 9.06. The van der Waals surface area contributed by atoms with Crippen molar-refractivity contribution < 1.29 is 19.1 Å². The molecular weight excluding hydrogens is 356 g/mol. The Balaban J connectivity index is 2.16. The maximum Gasteiger partial charge on any atom is 0.244 e. The van der Waals surface area contributed by atoms with E-state index in [0.29, 0.717) is 22.9 Å². The van der Waals surface area contributed by atoms with Crippen molar-refractivity contribution in [2.45, 2.75) is 33.1 Å². The maximum absolute atomic E-state index is 12.5. The lowest BCUT2D eigenvalue weighted by Crippen LogP contribution is -2.36. The van der Waals surface area contributed by atoms with Crippen LogP contribution < -0.4 is 19.7 Å². The first-order chi connectivity index (χ1) is 13.2. The number of ether oxygens (including phenoxy) is 2. The maximum atomic E-state index is 12.5. The van der Waals surface area contributed by atoms with E-state index in [0.717, 1.165) is 0 Å². The average molecular weight is 384 g/mol. The number of benzene rings is 2. The number of rotatable bonds is 6. The minimum atomic E-state index is -0.295. The van der Waals surface area contributed by atoms with Crippen molar-refractivity contribution in [3.63, 3.8) is 0 Å². The molecule has 0 saturated carbocycles. The molecule has 150 valence electrons. The Morgan fingerprint density at radius 3 is 2.14 bits per heavy atom. The third kappa shape index (κ3) is 5.25. The van der Waals surface area contributed by atoms with E-state index in [1.54, 1.807) is 25.3 Å². The Morgan fingerprint density at radius 1 is 1.00 bits per heavy atom. The fourth-order valence-corrected chi connectivity index (χ4v) is 2.77. The molecule has 0 atom stereocenters. The van der Waals surface area contributed by atoms with Crippen LogP contribution in [0.4, 0.5) is 11.4 Å². The Labute approximate surface area is 166 Å². The second-order valence-corrected chi connectivity index (χ2v) is 7.52. The van der Waals surface area contributed by atoms with E-state index < -0.39 is 0 Å². The fraction of sp³-hybridized carbons (Fsp3) is 0.364. The van der Waals surface area contributed by atoms with Gasteiger partial charge in [-0.3, -0.25) is 14.5 Å². The Hall–Kier alpha value is -3.02. The summed E-state index contributed by atoms with van der Waals surface area (Å²) in [5.74, 6) is 0.502. The molecule has 0 aliphatic heterocycles. The van der Waals surface area contributed by atoms with E-state index in [4.69, 9.17) is 9.47 Å². The molecule has 2 amide bonds. The van der Waals surface area contributed by atoms with Gasteiger partial charge >= 0.3 is 0 Å². The molecule has 0 fully saturated rings. The average Bonchev–Trinajstić information content (AvgIpc) is 2.65. The van der Waals surface area contributed by atoms with Gasteiger partial charge in [0.1, 0.15) is 18.0 Å². The van der Waals surface area contributed by atoms with Crippen molar-refractivity contribution in [3.05, 3.63) is 48.0 Å². The third-order valence-electron chi connectivity index (χ3n) is 4.39. The summed E-state index contributed by atoms with van der Waals surface area (Å²) >= 11 is 0. The number of nitrogens with zero attached hydrogens (tertiary/aromatic N) is 1. The van der Waals surface area contributed by atoms with Gasteiger partial charge in [0.05, 0.1) is 19.9 Å². The second-order valence-electron chi connectivity index (χ2n) is 7.52. The number of carbonyl (C=O) groups is 2. The third-order valence-corrected chi connectivity index (χ3v) is 4.39. The molecule has 0 aliphatic rings. The Kier molecular flexibility index (Phi) is 6.67. The SMILES string of the molecule is COc1ccc(N(CC(=O)Nc2ccc(C(C)(C)C)cc2)C(C)=O)c(OC)c1. The van der Waals surface area contributed by atoms with E-state index in [1.807, 2.05) is 24.3 Å². The summed E-state index contributed by atoms with van der Waals surface area (Å²) in [6.07, 6.45) is 0. The summed E-state index contributed by atoms with van der Waals surface area (Å²) in [7, 11) is 3.06. The summed E-state index contributed by atoms with van der Waals surface area (Å²) < 4.78 is 10.5. The molecular formula is C22H28N2O4. The van der Waals surface area contributed by atoms with Crippen molar-refractivity contribution in [1.82, 2.24) is 0 Å². The number of methoxy groups -OCH3 is 2. The molecule has 0 spiro atoms. The zero-order chi connectivity index (χ0) is 20.9. The molecule has 0 radical (unpaired) electrons. The second kappa shape index (κ2) is 8.78. The van der Waals surface area contributed by atoms with Gasteiger partial charge in [-0.2, -0.15) is 0 Å². The molecule has 0 bridgehead atoms. The fourth-order valence-electron chi connectivity index (χ4n) is 2.77. The number of hydrogen-bond donors (Lipinski definition) is 1. The minimum Gasteiger partial charge on any atom is -0.497 e. The van der Waals surface area contributed by atoms with Crippen LogP contribution in [0.1, 0.15) is 33.3 Å². The van der Waals surface area contributed by atoms with Gasteiger partial charge in [-0.15, -0.1) is 0 Å². The summed E-state index contributed by atoms with van der Waals surface area (Å²) in [5.41, 5.74) is 2.41. The van der Waals surface area contributed by atoms with E-state index in [-0.39, 0.29) is 23.8 Å². The van der Waals surface area contributed by atoms with Gasteiger partial charge in [-0.25, -0.2) is 0 Å². The lowest BCUT2D eigenvalue weighted by atomic mass is 9.87. The molecule has 0 heterocycles. The molecule has 0 aliphatic carbocycles. The van der Waals surface area contributed by atoms with Gasteiger partial charge in [-0.05, 0) is 35.2 Å². The lowest BCUT2D eigenvalue weighted by molar-refractivity contribution is -0.120. The molecule has 0 saturated heterocycles. The normalized spacial score (nSPS) is 10.9. The molecule has 6 heteroatoms. The Bertz CT molecular complexity index is 839. The van der Waals surface area contributed by atoms with Crippen LogP contribution in [0.5, 0.6) is 11.5 Å². The van der Waals surface area contributed by atoms with E-state index in [9.17, 15) is 9.59 Å². The van der Waals surface area contributed by atoms with Crippen molar-refractivity contribution in [2.24, 2.45) is 0 Å². The smallest absolute Gasteiger partial charge is 0.244 e. The van der Waals surface area contributed by atoms with Gasteiger partial charge in [-0.1, -0.05) is 32.9 Å². The molecule has 2 aromatic carbocycles. The predicted molar refractivity (Wildman–Crippen MR) is 111 cm³/mol. The molecule has 2 aromatic rings. The quantitative estimate of drug-likeness (QED) is 0.818. The van der Waals surface area contributed by atoms with Gasteiger partial charge < -0.3 is 14.8 Å². The van der Waals surface area contributed by atoms with Crippen LogP contribution in [0, 0.1) is 0 Å². The van der Waals surface area contributed by atoms with Gasteiger partial charge in [0.15, 0.2) is 0 Å². The highest BCUT2D eigenvalue weighted by atomic mass is 16.5. The van der Waals surface area contributed by atoms with E-state index in [2.05, 4.69) is 26.1 Å². The van der Waals surface area contributed by atoms with Gasteiger partial charge in [0, 0.05) is 18.7 Å². The van der Waals surface area contributed by atoms with Crippen molar-refractivity contribution in [3.8, 4) is 11.5 Å². The highest BCUT2D eigenvalue weighted by Gasteiger charge is 2.20. The van der Waals surface area contributed by atoms with Crippen LogP contribution >= 0.6 is 0 Å². The van der Waals surface area contributed by atoms with Crippen molar-refractivity contribution >= 4 is 23.2 Å². The number of carbonyl (C=O) groups excluding carboxylic acids is 2. The highest BCUT2D eigenvalue weighted by molar-refractivity contribution is 6.02. The zero-order valence-electron chi connectivity index (χ0n) is 17.3. The minimum absolute atomic E-state index is 0.0406. The summed E-state index contributed by atoms with van der Waals surface area (Å²) in [6.45, 7) is 7.68. The Morgan fingerprint density at radius 2 is 1.64 bits per heavy atom.